The maximum Gasteiger partial charge on any atom is 0.328 e. The van der Waals surface area contributed by atoms with Crippen LogP contribution in [0.1, 0.15) is 15.9 Å². The maximum atomic E-state index is 13.4. The number of aromatic nitrogens is 3. The van der Waals surface area contributed by atoms with E-state index in [0.717, 1.165) is 10.1 Å². The van der Waals surface area contributed by atoms with Gasteiger partial charge in [0.05, 0.1) is 31.0 Å². The predicted molar refractivity (Wildman–Crippen MR) is 93.3 cm³/mol. The number of aliphatic hydroxyl groups is 2. The van der Waals surface area contributed by atoms with Crippen molar-refractivity contribution in [2.24, 2.45) is 0 Å². The van der Waals surface area contributed by atoms with Crippen LogP contribution in [0, 0.1) is 12.7 Å². The molecule has 0 aliphatic carbocycles. The molecule has 0 spiro atoms. The van der Waals surface area contributed by atoms with Crippen LogP contribution in [0.15, 0.2) is 34.2 Å². The van der Waals surface area contributed by atoms with Crippen molar-refractivity contribution >= 4 is 5.91 Å². The number of pyridine rings is 1. The van der Waals surface area contributed by atoms with Crippen molar-refractivity contribution in [3.05, 3.63) is 62.4 Å². The van der Waals surface area contributed by atoms with E-state index in [0.29, 0.717) is 11.8 Å². The summed E-state index contributed by atoms with van der Waals surface area (Å²) in [7, 11) is 0. The Morgan fingerprint density at radius 1 is 1.39 bits per heavy atom. The van der Waals surface area contributed by atoms with Crippen molar-refractivity contribution in [3.8, 4) is 0 Å². The summed E-state index contributed by atoms with van der Waals surface area (Å²) in [6.07, 6.45) is -0.241. The standard InChI is InChI=1S/C17H19FN4O6/c1-8-2-9(4-19-3-8)15(25)20-11-7-28-12(14(24)13(11)23)6-22-5-10(18)16(26)21-17(22)27/h2-5,11-14,23-24H,6-7H2,1H3,(H,20,25)(H,21,26,27)/t11-,12-,13+,14-/m1/s1. The first-order valence-electron chi connectivity index (χ1n) is 8.46. The van der Waals surface area contributed by atoms with Gasteiger partial charge in [0.1, 0.15) is 18.3 Å². The summed E-state index contributed by atoms with van der Waals surface area (Å²) < 4.78 is 19.6. The largest absolute Gasteiger partial charge is 0.388 e. The molecule has 0 saturated carbocycles. The summed E-state index contributed by atoms with van der Waals surface area (Å²) in [5.41, 5.74) is -0.954. The quantitative estimate of drug-likeness (QED) is 0.483. The van der Waals surface area contributed by atoms with Crippen LogP contribution >= 0.6 is 0 Å². The molecule has 0 radical (unpaired) electrons. The molecule has 0 aromatic carbocycles. The van der Waals surface area contributed by atoms with Gasteiger partial charge in [0.25, 0.3) is 11.5 Å². The summed E-state index contributed by atoms with van der Waals surface area (Å²) in [6, 6.07) is 0.720. The number of hydrogen-bond donors (Lipinski definition) is 4. The molecular formula is C17H19FN4O6. The molecule has 3 rings (SSSR count). The lowest BCUT2D eigenvalue weighted by molar-refractivity contribution is -0.152. The maximum absolute atomic E-state index is 13.4. The Kier molecular flexibility index (Phi) is 5.68. The van der Waals surface area contributed by atoms with E-state index in [1.165, 1.54) is 6.20 Å². The zero-order valence-corrected chi connectivity index (χ0v) is 14.8. The van der Waals surface area contributed by atoms with Crippen molar-refractivity contribution in [3.63, 3.8) is 0 Å². The summed E-state index contributed by atoms with van der Waals surface area (Å²) >= 11 is 0. The second-order valence-electron chi connectivity index (χ2n) is 6.57. The van der Waals surface area contributed by atoms with E-state index in [4.69, 9.17) is 4.74 Å². The Balaban J connectivity index is 1.67. The van der Waals surface area contributed by atoms with Gasteiger partial charge in [-0.25, -0.2) is 4.79 Å². The van der Waals surface area contributed by atoms with Gasteiger partial charge in [-0.2, -0.15) is 4.39 Å². The first-order chi connectivity index (χ1) is 13.3. The lowest BCUT2D eigenvalue weighted by atomic mass is 9.97. The number of nitrogens with zero attached hydrogens (tertiary/aromatic N) is 2. The molecule has 1 fully saturated rings. The van der Waals surface area contributed by atoms with Crippen LogP contribution in [-0.4, -0.2) is 61.6 Å². The highest BCUT2D eigenvalue weighted by atomic mass is 19.1. The molecule has 1 amide bonds. The van der Waals surface area contributed by atoms with Gasteiger partial charge in [-0.3, -0.25) is 24.1 Å². The fraction of sp³-hybridized carbons (Fsp3) is 0.412. The van der Waals surface area contributed by atoms with Crippen molar-refractivity contribution in [1.82, 2.24) is 19.9 Å². The molecule has 4 N–H and O–H groups in total. The number of aliphatic hydroxyl groups excluding tert-OH is 2. The highest BCUT2D eigenvalue weighted by Gasteiger charge is 2.39. The summed E-state index contributed by atoms with van der Waals surface area (Å²) in [5, 5.41) is 23.2. The topological polar surface area (TPSA) is 147 Å². The van der Waals surface area contributed by atoms with E-state index >= 15 is 0 Å². The minimum Gasteiger partial charge on any atom is -0.388 e. The third-order valence-corrected chi connectivity index (χ3v) is 4.43. The summed E-state index contributed by atoms with van der Waals surface area (Å²) in [5.74, 6) is -1.66. The van der Waals surface area contributed by atoms with Gasteiger partial charge in [0, 0.05) is 12.4 Å². The van der Waals surface area contributed by atoms with E-state index in [1.54, 1.807) is 24.2 Å². The number of H-pyrrole nitrogens is 1. The number of ether oxygens (including phenoxy) is 1. The molecule has 1 aliphatic rings. The first kappa shape index (κ1) is 19.9. The Morgan fingerprint density at radius 3 is 2.86 bits per heavy atom. The lowest BCUT2D eigenvalue weighted by Gasteiger charge is -2.38. The molecule has 28 heavy (non-hydrogen) atoms. The SMILES string of the molecule is Cc1cncc(C(=O)N[C@@H]2CO[C@H](Cn3cc(F)c(=O)[nH]c3=O)[C@@H](O)[C@H]2O)c1. The van der Waals surface area contributed by atoms with E-state index in [2.05, 4.69) is 10.3 Å². The molecule has 2 aromatic heterocycles. The molecular weight excluding hydrogens is 375 g/mol. The monoisotopic (exact) mass is 394 g/mol. The van der Waals surface area contributed by atoms with Crippen LogP contribution < -0.4 is 16.6 Å². The minimum atomic E-state index is -1.46. The fourth-order valence-electron chi connectivity index (χ4n) is 2.91. The number of hydrogen-bond acceptors (Lipinski definition) is 7. The number of aryl methyl sites for hydroxylation is 1. The Hall–Kier alpha value is -2.89. The first-order valence-corrected chi connectivity index (χ1v) is 8.46. The number of aromatic amines is 1. The van der Waals surface area contributed by atoms with Crippen molar-refractivity contribution in [2.45, 2.75) is 37.8 Å². The molecule has 11 heteroatoms. The third kappa shape index (κ3) is 4.16. The second kappa shape index (κ2) is 8.00. The van der Waals surface area contributed by atoms with Gasteiger partial charge in [0.2, 0.25) is 5.82 Å². The normalized spacial score (nSPS) is 24.7. The Morgan fingerprint density at radius 2 is 2.14 bits per heavy atom. The van der Waals surface area contributed by atoms with Crippen LogP contribution in [0.3, 0.4) is 0 Å². The van der Waals surface area contributed by atoms with E-state index in [1.807, 2.05) is 0 Å². The van der Waals surface area contributed by atoms with Gasteiger partial charge in [-0.15, -0.1) is 0 Å². The third-order valence-electron chi connectivity index (χ3n) is 4.43. The van der Waals surface area contributed by atoms with Gasteiger partial charge in [-0.05, 0) is 18.6 Å². The number of halogens is 1. The van der Waals surface area contributed by atoms with Crippen molar-refractivity contribution in [1.29, 1.82) is 0 Å². The molecule has 10 nitrogen and oxygen atoms in total. The second-order valence-corrected chi connectivity index (χ2v) is 6.57. The van der Waals surface area contributed by atoms with Gasteiger partial charge in [-0.1, -0.05) is 0 Å². The smallest absolute Gasteiger partial charge is 0.328 e. The number of carbonyl (C=O) groups excluding carboxylic acids is 1. The van der Waals surface area contributed by atoms with Crippen LogP contribution in [0.2, 0.25) is 0 Å². The molecule has 1 saturated heterocycles. The fourth-order valence-corrected chi connectivity index (χ4v) is 2.91. The van der Waals surface area contributed by atoms with Crippen LogP contribution in [0.4, 0.5) is 4.39 Å². The number of amides is 1. The van der Waals surface area contributed by atoms with Crippen LogP contribution in [-0.2, 0) is 11.3 Å². The molecule has 3 heterocycles. The zero-order valence-electron chi connectivity index (χ0n) is 14.8. The zero-order chi connectivity index (χ0) is 20.4. The highest BCUT2D eigenvalue weighted by Crippen LogP contribution is 2.17. The number of nitrogens with one attached hydrogen (secondary N) is 2. The average molecular weight is 394 g/mol. The average Bonchev–Trinajstić information content (AvgIpc) is 2.65. The summed E-state index contributed by atoms with van der Waals surface area (Å²) in [4.78, 5) is 40.8. The molecule has 0 unspecified atom stereocenters. The van der Waals surface area contributed by atoms with E-state index in [-0.39, 0.29) is 13.2 Å². The van der Waals surface area contributed by atoms with E-state index in [9.17, 15) is 29.0 Å². The van der Waals surface area contributed by atoms with Gasteiger partial charge in [0.15, 0.2) is 0 Å². The predicted octanol–water partition coefficient (Wildman–Crippen LogP) is -1.70. The van der Waals surface area contributed by atoms with E-state index < -0.39 is 47.3 Å². The molecule has 0 bridgehead atoms. The number of carbonyl (C=O) groups is 1. The van der Waals surface area contributed by atoms with Gasteiger partial charge < -0.3 is 20.3 Å². The summed E-state index contributed by atoms with van der Waals surface area (Å²) in [6.45, 7) is 1.33. The minimum absolute atomic E-state index is 0.144. The van der Waals surface area contributed by atoms with Gasteiger partial charge >= 0.3 is 5.69 Å². The van der Waals surface area contributed by atoms with Crippen molar-refractivity contribution in [2.75, 3.05) is 6.61 Å². The highest BCUT2D eigenvalue weighted by molar-refractivity contribution is 5.94. The Labute approximate surface area is 157 Å². The molecule has 2 aromatic rings. The Bertz CT molecular complexity index is 990. The molecule has 150 valence electrons. The molecule has 4 atom stereocenters. The van der Waals surface area contributed by atoms with Crippen LogP contribution in [0.25, 0.3) is 0 Å². The number of rotatable bonds is 4. The molecule has 1 aliphatic heterocycles. The lowest BCUT2D eigenvalue weighted by Crippen LogP contribution is -2.60. The van der Waals surface area contributed by atoms with Crippen LogP contribution in [0.5, 0.6) is 0 Å². The van der Waals surface area contributed by atoms with Crippen molar-refractivity contribution < 1.29 is 24.1 Å².